The molecule has 0 spiro atoms. The lowest BCUT2D eigenvalue weighted by molar-refractivity contribution is -0.122. The predicted molar refractivity (Wildman–Crippen MR) is 125 cm³/mol. The van der Waals surface area contributed by atoms with Gasteiger partial charge in [-0.1, -0.05) is 57.4 Å². The van der Waals surface area contributed by atoms with Gasteiger partial charge in [-0.15, -0.1) is 0 Å². The highest BCUT2D eigenvalue weighted by Crippen LogP contribution is 2.29. The van der Waals surface area contributed by atoms with Crippen LogP contribution >= 0.6 is 0 Å². The molecule has 0 aliphatic heterocycles. The Labute approximate surface area is 185 Å². The molecule has 0 saturated heterocycles. The number of hydrogen-bond donors (Lipinski definition) is 2. The van der Waals surface area contributed by atoms with Crippen LogP contribution in [-0.2, 0) is 4.79 Å². The molecule has 1 fully saturated rings. The Balaban J connectivity index is 1.61. The Morgan fingerprint density at radius 2 is 1.77 bits per heavy atom. The van der Waals surface area contributed by atoms with Crippen LogP contribution in [0.25, 0.3) is 0 Å². The summed E-state index contributed by atoms with van der Waals surface area (Å²) in [6.45, 7) is 6.02. The maximum absolute atomic E-state index is 12.7. The van der Waals surface area contributed by atoms with Gasteiger partial charge in [-0.2, -0.15) is 0 Å². The van der Waals surface area contributed by atoms with Gasteiger partial charge in [0.25, 0.3) is 11.8 Å². The van der Waals surface area contributed by atoms with Crippen LogP contribution in [0.15, 0.2) is 48.5 Å². The number of carbonyl (C=O) groups is 2. The van der Waals surface area contributed by atoms with Crippen molar-refractivity contribution in [2.45, 2.75) is 77.4 Å². The molecule has 2 aromatic rings. The van der Waals surface area contributed by atoms with Crippen LogP contribution in [0.3, 0.4) is 0 Å². The maximum atomic E-state index is 12.7. The summed E-state index contributed by atoms with van der Waals surface area (Å²) in [6, 6.07) is 15.2. The van der Waals surface area contributed by atoms with Gasteiger partial charge in [-0.3, -0.25) is 9.59 Å². The number of hydrogen-bond acceptors (Lipinski definition) is 3. The van der Waals surface area contributed by atoms with Gasteiger partial charge in [0.05, 0.1) is 0 Å². The smallest absolute Gasteiger partial charge is 0.265 e. The molecule has 1 aliphatic rings. The van der Waals surface area contributed by atoms with E-state index in [9.17, 15) is 9.59 Å². The molecular formula is C26H34N2O3. The van der Waals surface area contributed by atoms with Crippen molar-refractivity contribution in [1.29, 1.82) is 0 Å². The quantitative estimate of drug-likeness (QED) is 0.576. The zero-order chi connectivity index (χ0) is 22.2. The standard InChI is InChI=1S/C26H34N2O3/c1-4-18(2)23-15-8-9-16-24(23)31-19(3)25(29)28-22-14-10-11-20(17-22)26(30)27-21-12-6-5-7-13-21/h8-11,14-19,21H,4-7,12-13H2,1-3H3,(H,27,30)(H,28,29). The van der Waals surface area contributed by atoms with E-state index in [1.165, 1.54) is 19.3 Å². The van der Waals surface area contributed by atoms with Crippen molar-refractivity contribution < 1.29 is 14.3 Å². The van der Waals surface area contributed by atoms with E-state index >= 15 is 0 Å². The van der Waals surface area contributed by atoms with Gasteiger partial charge in [-0.05, 0) is 61.9 Å². The van der Waals surface area contributed by atoms with Crippen LogP contribution in [-0.4, -0.2) is 24.0 Å². The molecule has 2 N–H and O–H groups in total. The summed E-state index contributed by atoms with van der Waals surface area (Å²) in [5.74, 6) is 0.754. The molecular weight excluding hydrogens is 388 g/mol. The van der Waals surface area contributed by atoms with Crippen LogP contribution in [0.5, 0.6) is 5.75 Å². The number of anilines is 1. The Kier molecular flexibility index (Phi) is 8.10. The number of ether oxygens (including phenoxy) is 1. The summed E-state index contributed by atoms with van der Waals surface area (Å²) in [4.78, 5) is 25.3. The molecule has 1 saturated carbocycles. The van der Waals surface area contributed by atoms with E-state index in [0.29, 0.717) is 17.2 Å². The number of nitrogens with one attached hydrogen (secondary N) is 2. The molecule has 1 aliphatic carbocycles. The Bertz CT molecular complexity index is 890. The van der Waals surface area contributed by atoms with E-state index < -0.39 is 6.10 Å². The summed E-state index contributed by atoms with van der Waals surface area (Å²) >= 11 is 0. The Morgan fingerprint density at radius 1 is 1.03 bits per heavy atom. The molecule has 2 atom stereocenters. The summed E-state index contributed by atoms with van der Waals surface area (Å²) in [7, 11) is 0. The van der Waals surface area contributed by atoms with Gasteiger partial charge in [0.2, 0.25) is 0 Å². The molecule has 166 valence electrons. The minimum absolute atomic E-state index is 0.0882. The molecule has 5 heteroatoms. The lowest BCUT2D eigenvalue weighted by Gasteiger charge is -2.23. The SMILES string of the molecule is CCC(C)c1ccccc1OC(C)C(=O)Nc1cccc(C(=O)NC2CCCCC2)c1. The largest absolute Gasteiger partial charge is 0.481 e. The molecule has 2 aromatic carbocycles. The fourth-order valence-electron chi connectivity index (χ4n) is 3.96. The van der Waals surface area contributed by atoms with E-state index in [2.05, 4.69) is 24.5 Å². The molecule has 31 heavy (non-hydrogen) atoms. The number of benzene rings is 2. The third-order valence-corrected chi connectivity index (χ3v) is 6.07. The van der Waals surface area contributed by atoms with Crippen LogP contribution in [0, 0.1) is 0 Å². The fraction of sp³-hybridized carbons (Fsp3) is 0.462. The van der Waals surface area contributed by atoms with Crippen molar-refractivity contribution in [3.05, 3.63) is 59.7 Å². The van der Waals surface area contributed by atoms with Gasteiger partial charge < -0.3 is 15.4 Å². The maximum Gasteiger partial charge on any atom is 0.265 e. The third kappa shape index (κ3) is 6.33. The number of para-hydroxylation sites is 1. The second-order valence-corrected chi connectivity index (χ2v) is 8.49. The van der Waals surface area contributed by atoms with Crippen molar-refractivity contribution >= 4 is 17.5 Å². The van der Waals surface area contributed by atoms with E-state index in [1.807, 2.05) is 24.3 Å². The fourth-order valence-corrected chi connectivity index (χ4v) is 3.96. The van der Waals surface area contributed by atoms with Crippen molar-refractivity contribution in [3.8, 4) is 5.75 Å². The molecule has 3 rings (SSSR count). The highest BCUT2D eigenvalue weighted by Gasteiger charge is 2.20. The van der Waals surface area contributed by atoms with Crippen molar-refractivity contribution in [3.63, 3.8) is 0 Å². The zero-order valence-corrected chi connectivity index (χ0v) is 18.8. The van der Waals surface area contributed by atoms with E-state index in [0.717, 1.165) is 30.6 Å². The third-order valence-electron chi connectivity index (χ3n) is 6.07. The molecule has 0 aromatic heterocycles. The normalized spacial score (nSPS) is 16.2. The first-order valence-electron chi connectivity index (χ1n) is 11.4. The van der Waals surface area contributed by atoms with E-state index in [4.69, 9.17) is 4.74 Å². The molecule has 0 bridgehead atoms. The summed E-state index contributed by atoms with van der Waals surface area (Å²) in [5.41, 5.74) is 2.25. The van der Waals surface area contributed by atoms with Crippen molar-refractivity contribution in [2.75, 3.05) is 5.32 Å². The summed E-state index contributed by atoms with van der Waals surface area (Å²) in [5, 5.41) is 6.00. The highest BCUT2D eigenvalue weighted by atomic mass is 16.5. The monoisotopic (exact) mass is 422 g/mol. The molecule has 5 nitrogen and oxygen atoms in total. The molecule has 0 heterocycles. The van der Waals surface area contributed by atoms with Gasteiger partial charge >= 0.3 is 0 Å². The lowest BCUT2D eigenvalue weighted by Crippen LogP contribution is -2.36. The lowest BCUT2D eigenvalue weighted by atomic mass is 9.95. The first-order chi connectivity index (χ1) is 15.0. The number of rotatable bonds is 8. The summed E-state index contributed by atoms with van der Waals surface area (Å²) < 4.78 is 5.99. The van der Waals surface area contributed by atoms with Crippen LogP contribution < -0.4 is 15.4 Å². The first-order valence-corrected chi connectivity index (χ1v) is 11.4. The minimum atomic E-state index is -0.662. The van der Waals surface area contributed by atoms with Gasteiger partial charge in [-0.25, -0.2) is 0 Å². The van der Waals surface area contributed by atoms with Gasteiger partial charge in [0.1, 0.15) is 5.75 Å². The Hall–Kier alpha value is -2.82. The Morgan fingerprint density at radius 3 is 2.52 bits per heavy atom. The molecule has 2 amide bonds. The molecule has 2 unspecified atom stereocenters. The van der Waals surface area contributed by atoms with E-state index in [-0.39, 0.29) is 17.9 Å². The summed E-state index contributed by atoms with van der Waals surface area (Å²) in [6.07, 6.45) is 5.99. The average molecular weight is 423 g/mol. The first kappa shape index (κ1) is 22.9. The average Bonchev–Trinajstić information content (AvgIpc) is 2.79. The number of amides is 2. The second-order valence-electron chi connectivity index (χ2n) is 8.49. The van der Waals surface area contributed by atoms with E-state index in [1.54, 1.807) is 31.2 Å². The molecule has 0 radical (unpaired) electrons. The van der Waals surface area contributed by atoms with Crippen molar-refractivity contribution in [2.24, 2.45) is 0 Å². The minimum Gasteiger partial charge on any atom is -0.481 e. The topological polar surface area (TPSA) is 67.4 Å². The number of carbonyl (C=O) groups excluding carboxylic acids is 2. The van der Waals surface area contributed by atoms with Crippen LogP contribution in [0.4, 0.5) is 5.69 Å². The van der Waals surface area contributed by atoms with Crippen LogP contribution in [0.1, 0.15) is 81.1 Å². The zero-order valence-electron chi connectivity index (χ0n) is 18.8. The second kappa shape index (κ2) is 11.0. The van der Waals surface area contributed by atoms with Gasteiger partial charge in [0, 0.05) is 17.3 Å². The van der Waals surface area contributed by atoms with Crippen LogP contribution in [0.2, 0.25) is 0 Å². The van der Waals surface area contributed by atoms with Crippen molar-refractivity contribution in [1.82, 2.24) is 5.32 Å². The predicted octanol–water partition coefficient (Wildman–Crippen LogP) is 5.67. The highest BCUT2D eigenvalue weighted by molar-refractivity contribution is 5.98. The van der Waals surface area contributed by atoms with Gasteiger partial charge in [0.15, 0.2) is 6.10 Å².